The Morgan fingerprint density at radius 3 is 2.45 bits per heavy atom. The number of imide groups is 1. The molecule has 2 fully saturated rings. The molecule has 0 atom stereocenters. The van der Waals surface area contributed by atoms with Gasteiger partial charge in [0.2, 0.25) is 0 Å². The van der Waals surface area contributed by atoms with Crippen molar-refractivity contribution in [3.8, 4) is 11.5 Å². The number of piperazine rings is 1. The highest BCUT2D eigenvalue weighted by Crippen LogP contribution is 2.34. The number of methoxy groups -OCH3 is 1. The largest absolute Gasteiger partial charge is 0.493 e. The molecule has 0 aliphatic carbocycles. The van der Waals surface area contributed by atoms with Gasteiger partial charge in [0.05, 0.1) is 25.3 Å². The summed E-state index contributed by atoms with van der Waals surface area (Å²) >= 11 is 0.984. The van der Waals surface area contributed by atoms with Gasteiger partial charge in [-0.1, -0.05) is 31.2 Å². The molecule has 33 heavy (non-hydrogen) atoms. The predicted octanol–water partition coefficient (Wildman–Crippen LogP) is 4.30. The molecule has 2 aromatic carbocycles. The Kier molecular flexibility index (Phi) is 7.57. The lowest BCUT2D eigenvalue weighted by Gasteiger charge is -2.37. The number of nitrogens with zero attached hydrogens (tertiary/aromatic N) is 3. The summed E-state index contributed by atoms with van der Waals surface area (Å²) in [5, 5.41) is -0.230. The number of hydrogen-bond donors (Lipinski definition) is 0. The number of ether oxygens (including phenoxy) is 2. The summed E-state index contributed by atoms with van der Waals surface area (Å²) in [4.78, 5) is 31.8. The van der Waals surface area contributed by atoms with E-state index in [2.05, 4.69) is 21.9 Å². The molecule has 0 bridgehead atoms. The molecule has 2 heterocycles. The van der Waals surface area contributed by atoms with E-state index in [4.69, 9.17) is 9.47 Å². The normalized spacial score (nSPS) is 18.3. The first-order valence-electron chi connectivity index (χ1n) is 11.2. The van der Waals surface area contributed by atoms with Crippen molar-refractivity contribution in [2.24, 2.45) is 0 Å². The van der Waals surface area contributed by atoms with Crippen molar-refractivity contribution in [3.05, 3.63) is 59.0 Å². The van der Waals surface area contributed by atoms with Gasteiger partial charge in [-0.2, -0.15) is 0 Å². The molecule has 4 rings (SSSR count). The number of rotatable bonds is 8. The van der Waals surface area contributed by atoms with Gasteiger partial charge >= 0.3 is 0 Å². The summed E-state index contributed by atoms with van der Waals surface area (Å²) in [5.41, 5.74) is 1.99. The standard InChI is InChI=1S/C25H29N3O4S/c1-3-15-32-21-10-9-19(16-22(21)31-2)17-23-24(29)28(25(30)33-23)18-26-11-13-27(14-12-26)20-7-5-4-6-8-20/h4-10,16-17H,3,11-15,18H2,1-2H3/b23-17+. The Bertz CT molecular complexity index is 1020. The first-order valence-corrected chi connectivity index (χ1v) is 12.0. The minimum absolute atomic E-state index is 0.230. The predicted molar refractivity (Wildman–Crippen MR) is 132 cm³/mol. The van der Waals surface area contributed by atoms with Crippen molar-refractivity contribution >= 4 is 34.7 Å². The zero-order chi connectivity index (χ0) is 23.2. The average molecular weight is 468 g/mol. The van der Waals surface area contributed by atoms with Crippen molar-refractivity contribution in [2.75, 3.05) is 51.5 Å². The molecule has 7 nitrogen and oxygen atoms in total. The van der Waals surface area contributed by atoms with Crippen LogP contribution in [0.5, 0.6) is 11.5 Å². The van der Waals surface area contributed by atoms with Crippen LogP contribution in [-0.4, -0.2) is 67.5 Å². The molecule has 0 spiro atoms. The molecule has 2 aromatic rings. The fraction of sp³-hybridized carbons (Fsp3) is 0.360. The Hall–Kier alpha value is -2.97. The number of amides is 2. The van der Waals surface area contributed by atoms with E-state index >= 15 is 0 Å². The first-order chi connectivity index (χ1) is 16.1. The number of carbonyl (C=O) groups is 2. The monoisotopic (exact) mass is 467 g/mol. The van der Waals surface area contributed by atoms with Crippen LogP contribution >= 0.6 is 11.8 Å². The SMILES string of the molecule is CCCOc1ccc(/C=C2/SC(=O)N(CN3CCN(c4ccccc4)CC3)C2=O)cc1OC. The molecule has 0 saturated carbocycles. The number of anilines is 1. The molecule has 0 unspecified atom stereocenters. The van der Waals surface area contributed by atoms with E-state index in [9.17, 15) is 9.59 Å². The maximum Gasteiger partial charge on any atom is 0.294 e. The van der Waals surface area contributed by atoms with E-state index in [0.29, 0.717) is 29.7 Å². The fourth-order valence-corrected chi connectivity index (χ4v) is 4.70. The third-order valence-corrected chi connectivity index (χ3v) is 6.56. The lowest BCUT2D eigenvalue weighted by Crippen LogP contribution is -2.50. The van der Waals surface area contributed by atoms with Crippen LogP contribution in [0, 0.1) is 0 Å². The van der Waals surface area contributed by atoms with Crippen LogP contribution in [-0.2, 0) is 4.79 Å². The summed E-state index contributed by atoms with van der Waals surface area (Å²) in [7, 11) is 1.59. The summed E-state index contributed by atoms with van der Waals surface area (Å²) in [6, 6.07) is 15.8. The first kappa shape index (κ1) is 23.2. The van der Waals surface area contributed by atoms with Gasteiger partial charge in [0, 0.05) is 31.9 Å². The van der Waals surface area contributed by atoms with Crippen LogP contribution in [0.4, 0.5) is 10.5 Å². The number of thioether (sulfide) groups is 1. The second-order valence-corrected chi connectivity index (χ2v) is 8.94. The summed E-state index contributed by atoms with van der Waals surface area (Å²) in [6.07, 6.45) is 2.64. The third kappa shape index (κ3) is 5.51. The van der Waals surface area contributed by atoms with Gasteiger partial charge in [0.25, 0.3) is 11.1 Å². The molecule has 0 N–H and O–H groups in total. The molecule has 2 saturated heterocycles. The Morgan fingerprint density at radius 2 is 1.76 bits per heavy atom. The molecule has 0 aromatic heterocycles. The lowest BCUT2D eigenvalue weighted by molar-refractivity contribution is -0.124. The van der Waals surface area contributed by atoms with Crippen molar-refractivity contribution < 1.29 is 19.1 Å². The van der Waals surface area contributed by atoms with Crippen LogP contribution in [0.2, 0.25) is 0 Å². The Balaban J connectivity index is 1.38. The van der Waals surface area contributed by atoms with Gasteiger partial charge in [-0.15, -0.1) is 0 Å². The molecule has 2 aliphatic heterocycles. The summed E-state index contributed by atoms with van der Waals surface area (Å²) in [5.74, 6) is 1.02. The minimum Gasteiger partial charge on any atom is -0.493 e. The topological polar surface area (TPSA) is 62.3 Å². The van der Waals surface area contributed by atoms with Crippen LogP contribution < -0.4 is 14.4 Å². The van der Waals surface area contributed by atoms with Crippen LogP contribution in [0.15, 0.2) is 53.4 Å². The molecule has 8 heteroatoms. The van der Waals surface area contributed by atoms with E-state index in [1.807, 2.05) is 43.3 Å². The third-order valence-electron chi connectivity index (χ3n) is 5.66. The van der Waals surface area contributed by atoms with Gasteiger partial charge in [-0.3, -0.25) is 19.4 Å². The van der Waals surface area contributed by atoms with E-state index in [1.54, 1.807) is 13.2 Å². The number of benzene rings is 2. The average Bonchev–Trinajstić information content (AvgIpc) is 3.11. The Morgan fingerprint density at radius 1 is 1.00 bits per heavy atom. The highest BCUT2D eigenvalue weighted by molar-refractivity contribution is 8.18. The second-order valence-electron chi connectivity index (χ2n) is 7.95. The van der Waals surface area contributed by atoms with E-state index < -0.39 is 0 Å². The van der Waals surface area contributed by atoms with E-state index in [1.165, 1.54) is 10.6 Å². The maximum atomic E-state index is 13.0. The van der Waals surface area contributed by atoms with Crippen molar-refractivity contribution in [1.82, 2.24) is 9.80 Å². The van der Waals surface area contributed by atoms with Gasteiger partial charge in [0.1, 0.15) is 0 Å². The number of carbonyl (C=O) groups excluding carboxylic acids is 2. The zero-order valence-electron chi connectivity index (χ0n) is 19.0. The summed E-state index contributed by atoms with van der Waals surface area (Å²) < 4.78 is 11.1. The van der Waals surface area contributed by atoms with Crippen LogP contribution in [0.25, 0.3) is 6.08 Å². The van der Waals surface area contributed by atoms with Crippen molar-refractivity contribution in [2.45, 2.75) is 13.3 Å². The highest BCUT2D eigenvalue weighted by atomic mass is 32.2. The molecule has 174 valence electrons. The molecule has 2 amide bonds. The quantitative estimate of drug-likeness (QED) is 0.537. The summed E-state index contributed by atoms with van der Waals surface area (Å²) in [6.45, 7) is 6.29. The highest BCUT2D eigenvalue weighted by Gasteiger charge is 2.36. The van der Waals surface area contributed by atoms with Gasteiger partial charge in [-0.25, -0.2) is 0 Å². The number of hydrogen-bond acceptors (Lipinski definition) is 7. The second kappa shape index (κ2) is 10.8. The Labute approximate surface area is 198 Å². The van der Waals surface area contributed by atoms with Crippen molar-refractivity contribution in [3.63, 3.8) is 0 Å². The van der Waals surface area contributed by atoms with Crippen LogP contribution in [0.3, 0.4) is 0 Å². The smallest absolute Gasteiger partial charge is 0.294 e. The molecular weight excluding hydrogens is 438 g/mol. The lowest BCUT2D eigenvalue weighted by atomic mass is 10.2. The fourth-order valence-electron chi connectivity index (χ4n) is 3.86. The van der Waals surface area contributed by atoms with Gasteiger partial charge in [0.15, 0.2) is 11.5 Å². The van der Waals surface area contributed by atoms with Gasteiger partial charge < -0.3 is 14.4 Å². The molecular formula is C25H29N3O4S. The molecule has 0 radical (unpaired) electrons. The van der Waals surface area contributed by atoms with E-state index in [0.717, 1.165) is 49.9 Å². The molecule has 2 aliphatic rings. The maximum absolute atomic E-state index is 13.0. The zero-order valence-corrected chi connectivity index (χ0v) is 19.8. The van der Waals surface area contributed by atoms with Crippen molar-refractivity contribution in [1.29, 1.82) is 0 Å². The number of para-hydroxylation sites is 1. The minimum atomic E-state index is -0.249. The van der Waals surface area contributed by atoms with Gasteiger partial charge in [-0.05, 0) is 54.1 Å². The van der Waals surface area contributed by atoms with E-state index in [-0.39, 0.29) is 11.1 Å². The van der Waals surface area contributed by atoms with Crippen LogP contribution in [0.1, 0.15) is 18.9 Å².